The zero-order valence-electron chi connectivity index (χ0n) is 14.9. The lowest BCUT2D eigenvalue weighted by molar-refractivity contribution is -0.133. The molecule has 1 spiro atoms. The van der Waals surface area contributed by atoms with Gasteiger partial charge in [0, 0.05) is 44.0 Å². The fourth-order valence-electron chi connectivity index (χ4n) is 4.12. The summed E-state index contributed by atoms with van der Waals surface area (Å²) in [6.45, 7) is 3.64. The second-order valence-corrected chi connectivity index (χ2v) is 7.17. The van der Waals surface area contributed by atoms with Crippen molar-refractivity contribution in [1.82, 2.24) is 19.9 Å². The number of piperidine rings is 1. The van der Waals surface area contributed by atoms with Crippen molar-refractivity contribution in [3.63, 3.8) is 0 Å². The standard InChI is InChI=1S/C19H22N4O3/c1-14-16(13-26-21-14)18(25)22-9-6-19(7-10-22)5-4-17(24)23(19)12-15-3-2-8-20-11-15/h2-3,8,11,13H,4-7,9-10,12H2,1H3. The number of aromatic nitrogens is 2. The molecule has 7 nitrogen and oxygen atoms in total. The summed E-state index contributed by atoms with van der Waals surface area (Å²) in [4.78, 5) is 33.2. The molecule has 0 saturated carbocycles. The van der Waals surface area contributed by atoms with Crippen LogP contribution in [0.5, 0.6) is 0 Å². The van der Waals surface area contributed by atoms with Crippen LogP contribution in [-0.4, -0.2) is 50.4 Å². The van der Waals surface area contributed by atoms with Crippen LogP contribution in [0.1, 0.15) is 47.3 Å². The summed E-state index contributed by atoms with van der Waals surface area (Å²) in [5, 5.41) is 3.79. The average Bonchev–Trinajstić information content (AvgIpc) is 3.22. The van der Waals surface area contributed by atoms with Crippen molar-refractivity contribution >= 4 is 11.8 Å². The van der Waals surface area contributed by atoms with Crippen LogP contribution >= 0.6 is 0 Å². The van der Waals surface area contributed by atoms with Crippen LogP contribution in [0, 0.1) is 6.92 Å². The van der Waals surface area contributed by atoms with Gasteiger partial charge in [-0.2, -0.15) is 0 Å². The van der Waals surface area contributed by atoms with Gasteiger partial charge in [0.05, 0.1) is 5.69 Å². The van der Waals surface area contributed by atoms with E-state index in [1.54, 1.807) is 13.1 Å². The predicted molar refractivity (Wildman–Crippen MR) is 93.1 cm³/mol. The first-order valence-electron chi connectivity index (χ1n) is 8.99. The van der Waals surface area contributed by atoms with E-state index in [4.69, 9.17) is 4.52 Å². The summed E-state index contributed by atoms with van der Waals surface area (Å²) < 4.78 is 4.89. The Hall–Kier alpha value is -2.70. The molecule has 0 aliphatic carbocycles. The molecule has 2 fully saturated rings. The van der Waals surface area contributed by atoms with Crippen molar-refractivity contribution in [2.75, 3.05) is 13.1 Å². The zero-order valence-corrected chi connectivity index (χ0v) is 14.9. The van der Waals surface area contributed by atoms with Gasteiger partial charge in [0.2, 0.25) is 5.91 Å². The highest BCUT2D eigenvalue weighted by Gasteiger charge is 2.47. The highest BCUT2D eigenvalue weighted by Crippen LogP contribution is 2.40. The van der Waals surface area contributed by atoms with E-state index in [1.807, 2.05) is 28.1 Å². The lowest BCUT2D eigenvalue weighted by atomic mass is 9.84. The number of rotatable bonds is 3. The molecule has 0 radical (unpaired) electrons. The summed E-state index contributed by atoms with van der Waals surface area (Å²) in [5.41, 5.74) is 2.04. The molecule has 2 aliphatic rings. The number of carbonyl (C=O) groups excluding carboxylic acids is 2. The van der Waals surface area contributed by atoms with Crippen molar-refractivity contribution in [2.45, 2.75) is 44.7 Å². The molecule has 0 unspecified atom stereocenters. The molecule has 7 heteroatoms. The van der Waals surface area contributed by atoms with E-state index in [9.17, 15) is 9.59 Å². The maximum Gasteiger partial charge on any atom is 0.259 e. The first kappa shape index (κ1) is 16.8. The molecule has 0 atom stereocenters. The molecule has 2 amide bonds. The Balaban J connectivity index is 1.47. The summed E-state index contributed by atoms with van der Waals surface area (Å²) in [6, 6.07) is 3.89. The normalized spacial score (nSPS) is 19.3. The van der Waals surface area contributed by atoms with Crippen molar-refractivity contribution in [3.05, 3.63) is 47.6 Å². The quantitative estimate of drug-likeness (QED) is 0.844. The van der Waals surface area contributed by atoms with Crippen molar-refractivity contribution in [3.8, 4) is 0 Å². The molecule has 0 aromatic carbocycles. The molecule has 2 aliphatic heterocycles. The van der Waals surface area contributed by atoms with E-state index >= 15 is 0 Å². The summed E-state index contributed by atoms with van der Waals surface area (Å²) >= 11 is 0. The Morgan fingerprint density at radius 2 is 2.12 bits per heavy atom. The second kappa shape index (κ2) is 6.55. The monoisotopic (exact) mass is 354 g/mol. The predicted octanol–water partition coefficient (Wildman–Crippen LogP) is 2.18. The van der Waals surface area contributed by atoms with Crippen molar-refractivity contribution < 1.29 is 14.1 Å². The van der Waals surface area contributed by atoms with E-state index in [-0.39, 0.29) is 17.4 Å². The molecule has 2 aromatic heterocycles. The number of amides is 2. The zero-order chi connectivity index (χ0) is 18.1. The smallest absolute Gasteiger partial charge is 0.259 e. The number of hydrogen-bond acceptors (Lipinski definition) is 5. The minimum absolute atomic E-state index is 0.0401. The van der Waals surface area contributed by atoms with E-state index in [0.29, 0.717) is 37.3 Å². The van der Waals surface area contributed by atoms with Crippen LogP contribution < -0.4 is 0 Å². The van der Waals surface area contributed by atoms with Crippen molar-refractivity contribution in [1.29, 1.82) is 0 Å². The topological polar surface area (TPSA) is 79.5 Å². The number of aryl methyl sites for hydroxylation is 1. The van der Waals surface area contributed by atoms with E-state index in [2.05, 4.69) is 10.1 Å². The minimum Gasteiger partial charge on any atom is -0.364 e. The van der Waals surface area contributed by atoms with E-state index < -0.39 is 0 Å². The second-order valence-electron chi connectivity index (χ2n) is 7.17. The van der Waals surface area contributed by atoms with Crippen LogP contribution in [0.2, 0.25) is 0 Å². The number of carbonyl (C=O) groups is 2. The molecule has 26 heavy (non-hydrogen) atoms. The molecular formula is C19H22N4O3. The highest BCUT2D eigenvalue weighted by molar-refractivity contribution is 5.95. The number of likely N-dealkylation sites (tertiary alicyclic amines) is 2. The third-order valence-corrected chi connectivity index (χ3v) is 5.70. The molecule has 0 N–H and O–H groups in total. The van der Waals surface area contributed by atoms with Gasteiger partial charge in [0.25, 0.3) is 5.91 Å². The van der Waals surface area contributed by atoms with Gasteiger partial charge in [-0.15, -0.1) is 0 Å². The van der Waals surface area contributed by atoms with E-state index in [1.165, 1.54) is 6.26 Å². The maximum absolute atomic E-state index is 12.7. The Morgan fingerprint density at radius 3 is 2.77 bits per heavy atom. The average molecular weight is 354 g/mol. The molecule has 4 heterocycles. The summed E-state index contributed by atoms with van der Waals surface area (Å²) in [7, 11) is 0. The van der Waals surface area contributed by atoms with Crippen LogP contribution in [0.3, 0.4) is 0 Å². The van der Waals surface area contributed by atoms with Crippen LogP contribution in [-0.2, 0) is 11.3 Å². The molecular weight excluding hydrogens is 332 g/mol. The van der Waals surface area contributed by atoms with Gasteiger partial charge in [-0.05, 0) is 37.8 Å². The Kier molecular flexibility index (Phi) is 4.22. The third kappa shape index (κ3) is 2.87. The Labute approximate surface area is 152 Å². The van der Waals surface area contributed by atoms with E-state index in [0.717, 1.165) is 24.8 Å². The fraction of sp³-hybridized carbons (Fsp3) is 0.474. The number of nitrogens with zero attached hydrogens (tertiary/aromatic N) is 4. The van der Waals surface area contributed by atoms with Crippen molar-refractivity contribution in [2.24, 2.45) is 0 Å². The van der Waals surface area contributed by atoms with Gasteiger partial charge < -0.3 is 14.3 Å². The molecule has 4 rings (SSSR count). The fourth-order valence-corrected chi connectivity index (χ4v) is 4.12. The summed E-state index contributed by atoms with van der Waals surface area (Å²) in [6.07, 6.45) is 8.01. The maximum atomic E-state index is 12.7. The van der Waals surface area contributed by atoms with Gasteiger partial charge in [-0.25, -0.2) is 0 Å². The van der Waals surface area contributed by atoms with Crippen LogP contribution in [0.4, 0.5) is 0 Å². The van der Waals surface area contributed by atoms with Gasteiger partial charge in [0.15, 0.2) is 0 Å². The molecule has 0 bridgehead atoms. The summed E-state index contributed by atoms with van der Waals surface area (Å²) in [5.74, 6) is 0.158. The molecule has 136 valence electrons. The number of hydrogen-bond donors (Lipinski definition) is 0. The van der Waals surface area contributed by atoms with Gasteiger partial charge in [-0.3, -0.25) is 14.6 Å². The number of pyridine rings is 1. The Bertz CT molecular complexity index is 809. The highest BCUT2D eigenvalue weighted by atomic mass is 16.5. The lowest BCUT2D eigenvalue weighted by Gasteiger charge is -2.45. The Morgan fingerprint density at radius 1 is 1.31 bits per heavy atom. The first-order chi connectivity index (χ1) is 12.6. The van der Waals surface area contributed by atoms with Gasteiger partial charge >= 0.3 is 0 Å². The van der Waals surface area contributed by atoms with Gasteiger partial charge in [-0.1, -0.05) is 11.2 Å². The minimum atomic E-state index is -0.145. The molecule has 2 saturated heterocycles. The SMILES string of the molecule is Cc1nocc1C(=O)N1CCC2(CCC(=O)N2Cc2cccnc2)CC1. The first-order valence-corrected chi connectivity index (χ1v) is 8.99. The van der Waals surface area contributed by atoms with Crippen LogP contribution in [0.25, 0.3) is 0 Å². The van der Waals surface area contributed by atoms with Gasteiger partial charge in [0.1, 0.15) is 11.8 Å². The van der Waals surface area contributed by atoms with Crippen LogP contribution in [0.15, 0.2) is 35.3 Å². The largest absolute Gasteiger partial charge is 0.364 e. The molecule has 2 aromatic rings. The lowest BCUT2D eigenvalue weighted by Crippen LogP contribution is -2.53. The third-order valence-electron chi connectivity index (χ3n) is 5.70.